The van der Waals surface area contributed by atoms with Crippen LogP contribution < -0.4 is 4.74 Å². The molecule has 0 spiro atoms. The van der Waals surface area contributed by atoms with Crippen LogP contribution in [0.3, 0.4) is 0 Å². The summed E-state index contributed by atoms with van der Waals surface area (Å²) in [5.74, 6) is -0.485. The Hall–Kier alpha value is -1.56. The van der Waals surface area contributed by atoms with Crippen molar-refractivity contribution in [2.45, 2.75) is 30.1 Å². The SMILES string of the molecule is COc1c(C(CC(=O)O)C2CC2)cccc1S(C)(=O)=O. The molecule has 1 aromatic carbocycles. The van der Waals surface area contributed by atoms with Crippen molar-refractivity contribution in [3.8, 4) is 5.75 Å². The van der Waals surface area contributed by atoms with Crippen LogP contribution in [-0.4, -0.2) is 32.9 Å². The zero-order valence-corrected chi connectivity index (χ0v) is 12.3. The molecule has 0 aromatic heterocycles. The van der Waals surface area contributed by atoms with Crippen molar-refractivity contribution in [1.29, 1.82) is 0 Å². The van der Waals surface area contributed by atoms with E-state index in [-0.39, 0.29) is 23.0 Å². The first-order chi connectivity index (χ1) is 9.34. The lowest BCUT2D eigenvalue weighted by Gasteiger charge is -2.19. The summed E-state index contributed by atoms with van der Waals surface area (Å²) in [6, 6.07) is 4.90. The summed E-state index contributed by atoms with van der Waals surface area (Å²) in [5.41, 5.74) is 0.681. The Balaban J connectivity index is 2.52. The van der Waals surface area contributed by atoms with Crippen LogP contribution in [0.25, 0.3) is 0 Å². The molecule has 0 heterocycles. The molecule has 1 atom stereocenters. The smallest absolute Gasteiger partial charge is 0.303 e. The maximum atomic E-state index is 11.8. The molecule has 5 nitrogen and oxygen atoms in total. The molecule has 1 aromatic rings. The van der Waals surface area contributed by atoms with Crippen LogP contribution in [0.4, 0.5) is 0 Å². The van der Waals surface area contributed by atoms with Crippen molar-refractivity contribution in [3.63, 3.8) is 0 Å². The second kappa shape index (κ2) is 5.44. The largest absolute Gasteiger partial charge is 0.495 e. The fourth-order valence-electron chi connectivity index (χ4n) is 2.55. The second-order valence-electron chi connectivity index (χ2n) is 5.19. The summed E-state index contributed by atoms with van der Waals surface area (Å²) in [6.07, 6.45) is 3.07. The molecule has 1 unspecified atom stereocenters. The molecular formula is C14H18O5S. The third kappa shape index (κ3) is 3.12. The first-order valence-electron chi connectivity index (χ1n) is 6.43. The van der Waals surface area contributed by atoms with E-state index in [0.29, 0.717) is 11.5 Å². The Bertz CT molecular complexity index is 616. The van der Waals surface area contributed by atoms with Crippen LogP contribution >= 0.6 is 0 Å². The molecule has 2 rings (SSSR count). The van der Waals surface area contributed by atoms with Crippen molar-refractivity contribution in [2.75, 3.05) is 13.4 Å². The number of aliphatic carboxylic acids is 1. The summed E-state index contributed by atoms with van der Waals surface area (Å²) in [7, 11) is -1.99. The van der Waals surface area contributed by atoms with E-state index in [1.807, 2.05) is 0 Å². The van der Waals surface area contributed by atoms with Gasteiger partial charge in [-0.05, 0) is 30.4 Å². The summed E-state index contributed by atoms with van der Waals surface area (Å²) in [5, 5.41) is 9.06. The predicted molar refractivity (Wildman–Crippen MR) is 73.8 cm³/mol. The molecule has 1 saturated carbocycles. The number of rotatable bonds is 6. The molecule has 0 radical (unpaired) electrons. The molecule has 20 heavy (non-hydrogen) atoms. The molecular weight excluding hydrogens is 280 g/mol. The molecule has 1 N–H and O–H groups in total. The molecule has 0 aliphatic heterocycles. The van der Waals surface area contributed by atoms with E-state index in [0.717, 1.165) is 19.1 Å². The predicted octanol–water partition coefficient (Wildman–Crippen LogP) is 2.07. The number of carboxylic acid groups (broad SMARTS) is 1. The fourth-order valence-corrected chi connectivity index (χ4v) is 3.42. The highest BCUT2D eigenvalue weighted by Gasteiger charge is 2.36. The van der Waals surface area contributed by atoms with Gasteiger partial charge in [-0.2, -0.15) is 0 Å². The minimum Gasteiger partial charge on any atom is -0.495 e. The lowest BCUT2D eigenvalue weighted by Crippen LogP contribution is -2.11. The number of para-hydroxylation sites is 1. The van der Waals surface area contributed by atoms with Gasteiger partial charge in [-0.1, -0.05) is 12.1 Å². The number of methoxy groups -OCH3 is 1. The highest BCUT2D eigenvalue weighted by atomic mass is 32.2. The van der Waals surface area contributed by atoms with Crippen LogP contribution in [-0.2, 0) is 14.6 Å². The van der Waals surface area contributed by atoms with Crippen molar-refractivity contribution >= 4 is 15.8 Å². The van der Waals surface area contributed by atoms with E-state index >= 15 is 0 Å². The zero-order valence-electron chi connectivity index (χ0n) is 11.5. The van der Waals surface area contributed by atoms with E-state index in [1.54, 1.807) is 12.1 Å². The molecule has 1 aliphatic carbocycles. The van der Waals surface area contributed by atoms with Crippen LogP contribution in [0.15, 0.2) is 23.1 Å². The summed E-state index contributed by atoms with van der Waals surface area (Å²) in [4.78, 5) is 11.2. The summed E-state index contributed by atoms with van der Waals surface area (Å²) in [6.45, 7) is 0. The van der Waals surface area contributed by atoms with Gasteiger partial charge in [0.25, 0.3) is 0 Å². The molecule has 0 saturated heterocycles. The van der Waals surface area contributed by atoms with Crippen LogP contribution in [0, 0.1) is 5.92 Å². The fraction of sp³-hybridized carbons (Fsp3) is 0.500. The third-order valence-corrected chi connectivity index (χ3v) is 4.72. The molecule has 0 bridgehead atoms. The van der Waals surface area contributed by atoms with Gasteiger partial charge in [-0.25, -0.2) is 8.42 Å². The molecule has 1 aliphatic rings. The monoisotopic (exact) mass is 298 g/mol. The van der Waals surface area contributed by atoms with E-state index in [1.165, 1.54) is 13.2 Å². The third-order valence-electron chi connectivity index (χ3n) is 3.60. The summed E-state index contributed by atoms with van der Waals surface area (Å²) < 4.78 is 28.9. The van der Waals surface area contributed by atoms with Crippen LogP contribution in [0.1, 0.15) is 30.7 Å². The average Bonchev–Trinajstić information content (AvgIpc) is 3.18. The highest BCUT2D eigenvalue weighted by molar-refractivity contribution is 7.90. The molecule has 0 amide bonds. The topological polar surface area (TPSA) is 80.7 Å². The van der Waals surface area contributed by atoms with Gasteiger partial charge in [-0.3, -0.25) is 4.79 Å². The lowest BCUT2D eigenvalue weighted by molar-refractivity contribution is -0.137. The Morgan fingerprint density at radius 2 is 2.10 bits per heavy atom. The maximum absolute atomic E-state index is 11.8. The van der Waals surface area contributed by atoms with Gasteiger partial charge in [-0.15, -0.1) is 0 Å². The minimum atomic E-state index is -3.41. The van der Waals surface area contributed by atoms with Gasteiger partial charge >= 0.3 is 5.97 Å². The van der Waals surface area contributed by atoms with E-state index in [9.17, 15) is 13.2 Å². The molecule has 1 fully saturated rings. The Kier molecular flexibility index (Phi) is 4.04. The van der Waals surface area contributed by atoms with Crippen molar-refractivity contribution in [1.82, 2.24) is 0 Å². The Morgan fingerprint density at radius 1 is 1.45 bits per heavy atom. The Labute approximate surface area is 118 Å². The van der Waals surface area contributed by atoms with Gasteiger partial charge in [0.05, 0.1) is 13.5 Å². The number of carbonyl (C=O) groups is 1. The first-order valence-corrected chi connectivity index (χ1v) is 8.32. The number of benzene rings is 1. The minimum absolute atomic E-state index is 0.00571. The van der Waals surface area contributed by atoms with Crippen LogP contribution in [0.2, 0.25) is 0 Å². The maximum Gasteiger partial charge on any atom is 0.303 e. The van der Waals surface area contributed by atoms with E-state index < -0.39 is 15.8 Å². The highest BCUT2D eigenvalue weighted by Crippen LogP contribution is 2.48. The van der Waals surface area contributed by atoms with Crippen molar-refractivity contribution in [2.24, 2.45) is 5.92 Å². The van der Waals surface area contributed by atoms with E-state index in [2.05, 4.69) is 0 Å². The number of sulfone groups is 1. The van der Waals surface area contributed by atoms with Gasteiger partial charge in [0.1, 0.15) is 10.6 Å². The number of hydrogen-bond acceptors (Lipinski definition) is 4. The Morgan fingerprint density at radius 3 is 2.55 bits per heavy atom. The standard InChI is InChI=1S/C14H18O5S/c1-19-14-10(4-3-5-12(14)20(2,17)18)11(8-13(15)16)9-6-7-9/h3-5,9,11H,6-8H2,1-2H3,(H,15,16). The number of ether oxygens (including phenoxy) is 1. The van der Waals surface area contributed by atoms with Crippen molar-refractivity contribution in [3.05, 3.63) is 23.8 Å². The van der Waals surface area contributed by atoms with Gasteiger partial charge in [0.15, 0.2) is 9.84 Å². The first kappa shape index (κ1) is 14.8. The average molecular weight is 298 g/mol. The lowest BCUT2D eigenvalue weighted by atomic mass is 9.90. The molecule has 6 heteroatoms. The van der Waals surface area contributed by atoms with Gasteiger partial charge < -0.3 is 9.84 Å². The van der Waals surface area contributed by atoms with Crippen LogP contribution in [0.5, 0.6) is 5.75 Å². The number of hydrogen-bond donors (Lipinski definition) is 1. The second-order valence-corrected chi connectivity index (χ2v) is 7.18. The van der Waals surface area contributed by atoms with E-state index in [4.69, 9.17) is 9.84 Å². The van der Waals surface area contributed by atoms with Gasteiger partial charge in [0, 0.05) is 12.2 Å². The van der Waals surface area contributed by atoms with Gasteiger partial charge in [0.2, 0.25) is 0 Å². The number of carboxylic acids is 1. The summed E-state index contributed by atoms with van der Waals surface area (Å²) >= 11 is 0. The quantitative estimate of drug-likeness (QED) is 0.869. The van der Waals surface area contributed by atoms with Crippen molar-refractivity contribution < 1.29 is 23.1 Å². The zero-order chi connectivity index (χ0) is 14.9. The normalized spacial score (nSPS) is 16.7. The molecule has 110 valence electrons.